The summed E-state index contributed by atoms with van der Waals surface area (Å²) in [5, 5.41) is 6.19. The van der Waals surface area contributed by atoms with Gasteiger partial charge in [-0.3, -0.25) is 4.79 Å². The molecule has 2 atom stereocenters. The predicted molar refractivity (Wildman–Crippen MR) is 66.7 cm³/mol. The zero-order chi connectivity index (χ0) is 12.4. The highest BCUT2D eigenvalue weighted by molar-refractivity contribution is 5.97. The molecule has 5 heteroatoms. The quantitative estimate of drug-likeness (QED) is 0.811. The van der Waals surface area contributed by atoms with Crippen molar-refractivity contribution < 1.29 is 14.3 Å². The maximum Gasteiger partial charge on any atom is 0.265 e. The molecule has 2 aliphatic heterocycles. The zero-order valence-corrected chi connectivity index (χ0v) is 10.0. The molecule has 1 fully saturated rings. The first-order valence-electron chi connectivity index (χ1n) is 6.20. The number of morpholine rings is 1. The van der Waals surface area contributed by atoms with Gasteiger partial charge in [0.25, 0.3) is 5.91 Å². The molecule has 2 heterocycles. The second-order valence-electron chi connectivity index (χ2n) is 4.55. The van der Waals surface area contributed by atoms with Crippen LogP contribution in [-0.4, -0.2) is 37.8 Å². The average molecular weight is 248 g/mol. The molecule has 5 nitrogen and oxygen atoms in total. The van der Waals surface area contributed by atoms with Crippen molar-refractivity contribution in [2.24, 2.45) is 0 Å². The third kappa shape index (κ3) is 2.32. The minimum absolute atomic E-state index is 0.0823. The van der Waals surface area contributed by atoms with Crippen molar-refractivity contribution in [1.82, 2.24) is 5.32 Å². The number of hydrogen-bond acceptors (Lipinski definition) is 4. The Balaban J connectivity index is 1.68. The molecule has 0 spiro atoms. The van der Waals surface area contributed by atoms with Gasteiger partial charge in [0.1, 0.15) is 5.75 Å². The molecule has 1 amide bonds. The second-order valence-corrected chi connectivity index (χ2v) is 4.55. The molecule has 2 N–H and O–H groups in total. The van der Waals surface area contributed by atoms with Crippen LogP contribution in [0, 0.1) is 0 Å². The van der Waals surface area contributed by atoms with E-state index in [2.05, 4.69) is 10.6 Å². The molecule has 1 aromatic carbocycles. The number of anilines is 1. The van der Waals surface area contributed by atoms with E-state index in [0.29, 0.717) is 13.0 Å². The van der Waals surface area contributed by atoms with E-state index in [0.717, 1.165) is 24.6 Å². The van der Waals surface area contributed by atoms with Gasteiger partial charge in [-0.15, -0.1) is 0 Å². The van der Waals surface area contributed by atoms with Crippen molar-refractivity contribution in [3.05, 3.63) is 24.3 Å². The lowest BCUT2D eigenvalue weighted by Gasteiger charge is -2.30. The van der Waals surface area contributed by atoms with Gasteiger partial charge in [-0.25, -0.2) is 0 Å². The largest absolute Gasteiger partial charge is 0.478 e. The minimum Gasteiger partial charge on any atom is -0.478 e. The van der Waals surface area contributed by atoms with Crippen LogP contribution in [0.5, 0.6) is 5.75 Å². The maximum absolute atomic E-state index is 11.9. The van der Waals surface area contributed by atoms with Crippen LogP contribution < -0.4 is 15.4 Å². The minimum atomic E-state index is -0.445. The van der Waals surface area contributed by atoms with Gasteiger partial charge in [0.2, 0.25) is 0 Å². The molecular formula is C13H16N2O3. The topological polar surface area (TPSA) is 59.6 Å². The molecule has 1 aromatic rings. The fraction of sp³-hybridized carbons (Fsp3) is 0.462. The smallest absolute Gasteiger partial charge is 0.265 e. The van der Waals surface area contributed by atoms with Crippen molar-refractivity contribution in [3.8, 4) is 5.75 Å². The number of carbonyl (C=O) groups is 1. The molecule has 96 valence electrons. The van der Waals surface area contributed by atoms with Crippen molar-refractivity contribution in [3.63, 3.8) is 0 Å². The molecule has 3 rings (SSSR count). The van der Waals surface area contributed by atoms with Crippen LogP contribution in [0.2, 0.25) is 0 Å². The average Bonchev–Trinajstić information content (AvgIpc) is 2.41. The number of ether oxygens (including phenoxy) is 2. The number of amides is 1. The van der Waals surface area contributed by atoms with Crippen molar-refractivity contribution >= 4 is 11.6 Å². The number of benzene rings is 1. The number of nitrogens with one attached hydrogen (secondary N) is 2. The Hall–Kier alpha value is -1.59. The summed E-state index contributed by atoms with van der Waals surface area (Å²) >= 11 is 0. The van der Waals surface area contributed by atoms with Crippen LogP contribution in [0.25, 0.3) is 0 Å². The number of hydrogen-bond donors (Lipinski definition) is 2. The Bertz CT molecular complexity index is 444. The second kappa shape index (κ2) is 4.96. The van der Waals surface area contributed by atoms with Gasteiger partial charge in [-0.2, -0.15) is 0 Å². The first-order valence-corrected chi connectivity index (χ1v) is 6.20. The van der Waals surface area contributed by atoms with Gasteiger partial charge < -0.3 is 20.1 Å². The van der Waals surface area contributed by atoms with Crippen molar-refractivity contribution in [2.45, 2.75) is 18.6 Å². The molecule has 0 aromatic heterocycles. The first-order chi connectivity index (χ1) is 8.83. The van der Waals surface area contributed by atoms with E-state index >= 15 is 0 Å². The number of rotatable bonds is 2. The highest BCUT2D eigenvalue weighted by Crippen LogP contribution is 2.29. The SMILES string of the molecule is O=C1Nc2ccccc2OC1CC1COCCN1. The Morgan fingerprint density at radius 3 is 3.06 bits per heavy atom. The third-order valence-electron chi connectivity index (χ3n) is 3.20. The molecule has 1 saturated heterocycles. The first kappa shape index (κ1) is 11.5. The number of carbonyl (C=O) groups excluding carboxylic acids is 1. The monoisotopic (exact) mass is 248 g/mol. The molecule has 2 aliphatic rings. The van der Waals surface area contributed by atoms with E-state index in [4.69, 9.17) is 9.47 Å². The summed E-state index contributed by atoms with van der Waals surface area (Å²) in [6.07, 6.45) is 0.180. The lowest BCUT2D eigenvalue weighted by atomic mass is 10.1. The third-order valence-corrected chi connectivity index (χ3v) is 3.20. The van der Waals surface area contributed by atoms with E-state index < -0.39 is 6.10 Å². The Kier molecular flexibility index (Phi) is 3.17. The standard InChI is InChI=1S/C13H16N2O3/c16-13-12(7-9-8-17-6-5-14-9)18-11-4-2-1-3-10(11)15-13/h1-4,9,12,14H,5-8H2,(H,15,16). The van der Waals surface area contributed by atoms with Gasteiger partial charge in [-0.1, -0.05) is 12.1 Å². The predicted octanol–water partition coefficient (Wildman–Crippen LogP) is 0.765. The fourth-order valence-corrected chi connectivity index (χ4v) is 2.28. The molecule has 0 bridgehead atoms. The van der Waals surface area contributed by atoms with E-state index in [1.54, 1.807) is 0 Å². The lowest BCUT2D eigenvalue weighted by Crippen LogP contribution is -2.47. The van der Waals surface area contributed by atoms with Crippen LogP contribution in [0.3, 0.4) is 0 Å². The van der Waals surface area contributed by atoms with Gasteiger partial charge in [0.05, 0.1) is 18.9 Å². The molecular weight excluding hydrogens is 232 g/mol. The Morgan fingerprint density at radius 2 is 2.22 bits per heavy atom. The summed E-state index contributed by atoms with van der Waals surface area (Å²) in [5.41, 5.74) is 0.742. The van der Waals surface area contributed by atoms with Crippen LogP contribution in [0.15, 0.2) is 24.3 Å². The highest BCUT2D eigenvalue weighted by Gasteiger charge is 2.30. The van der Waals surface area contributed by atoms with E-state index in [1.807, 2.05) is 24.3 Å². The van der Waals surface area contributed by atoms with Crippen LogP contribution >= 0.6 is 0 Å². The van der Waals surface area contributed by atoms with Crippen LogP contribution in [0.1, 0.15) is 6.42 Å². The molecule has 0 aliphatic carbocycles. The summed E-state index contributed by atoms with van der Waals surface area (Å²) in [7, 11) is 0. The molecule has 0 radical (unpaired) electrons. The zero-order valence-electron chi connectivity index (χ0n) is 10.0. The normalized spacial score (nSPS) is 27.0. The molecule has 18 heavy (non-hydrogen) atoms. The van der Waals surface area contributed by atoms with Gasteiger partial charge in [-0.05, 0) is 12.1 Å². The summed E-state index contributed by atoms with van der Waals surface area (Å²) in [6, 6.07) is 7.66. The number of para-hydroxylation sites is 2. The Labute approximate surface area is 105 Å². The summed E-state index contributed by atoms with van der Waals surface area (Å²) < 4.78 is 11.1. The number of fused-ring (bicyclic) bond motifs is 1. The van der Waals surface area contributed by atoms with Gasteiger partial charge >= 0.3 is 0 Å². The van der Waals surface area contributed by atoms with E-state index in [9.17, 15) is 4.79 Å². The van der Waals surface area contributed by atoms with E-state index in [-0.39, 0.29) is 11.9 Å². The highest BCUT2D eigenvalue weighted by atomic mass is 16.5. The van der Waals surface area contributed by atoms with E-state index in [1.165, 1.54) is 0 Å². The van der Waals surface area contributed by atoms with Crippen LogP contribution in [-0.2, 0) is 9.53 Å². The summed E-state index contributed by atoms with van der Waals surface area (Å²) in [4.78, 5) is 11.9. The lowest BCUT2D eigenvalue weighted by molar-refractivity contribution is -0.124. The summed E-state index contributed by atoms with van der Waals surface area (Å²) in [6.45, 7) is 2.20. The Morgan fingerprint density at radius 1 is 1.33 bits per heavy atom. The fourth-order valence-electron chi connectivity index (χ4n) is 2.28. The van der Waals surface area contributed by atoms with Gasteiger partial charge in [0.15, 0.2) is 6.10 Å². The molecule has 0 saturated carbocycles. The molecule has 2 unspecified atom stereocenters. The van der Waals surface area contributed by atoms with Crippen molar-refractivity contribution in [1.29, 1.82) is 0 Å². The van der Waals surface area contributed by atoms with Crippen LogP contribution in [0.4, 0.5) is 5.69 Å². The summed E-state index contributed by atoms with van der Waals surface area (Å²) in [5.74, 6) is 0.653. The van der Waals surface area contributed by atoms with Crippen molar-refractivity contribution in [2.75, 3.05) is 25.1 Å². The van der Waals surface area contributed by atoms with Gasteiger partial charge in [0, 0.05) is 19.0 Å². The maximum atomic E-state index is 11.9.